The minimum absolute atomic E-state index is 0.159. The first kappa shape index (κ1) is 17.6. The van der Waals surface area contributed by atoms with Gasteiger partial charge in [-0.15, -0.1) is 11.8 Å². The lowest BCUT2D eigenvalue weighted by Crippen LogP contribution is -2.41. The molecule has 0 fully saturated rings. The average Bonchev–Trinajstić information content (AvgIpc) is 2.36. The summed E-state index contributed by atoms with van der Waals surface area (Å²) in [6, 6.07) is 4.76. The Morgan fingerprint density at radius 3 is 2.24 bits per heavy atom. The van der Waals surface area contributed by atoms with Crippen LogP contribution >= 0.6 is 11.8 Å². The van der Waals surface area contributed by atoms with Gasteiger partial charge in [-0.1, -0.05) is 12.1 Å². The Morgan fingerprint density at radius 1 is 1.14 bits per heavy atom. The molecular formula is C11H8F7NOS. The van der Waals surface area contributed by atoms with Crippen molar-refractivity contribution < 1.29 is 35.5 Å². The van der Waals surface area contributed by atoms with Gasteiger partial charge in [-0.25, -0.2) is 8.78 Å². The second-order valence-electron chi connectivity index (χ2n) is 3.78. The van der Waals surface area contributed by atoms with Crippen LogP contribution in [0.4, 0.5) is 36.4 Å². The number of hydrogen-bond acceptors (Lipinski definition) is 2. The zero-order valence-corrected chi connectivity index (χ0v) is 10.9. The van der Waals surface area contributed by atoms with E-state index in [1.165, 1.54) is 17.4 Å². The fraction of sp³-hybridized carbons (Fsp3) is 0.364. The summed E-state index contributed by atoms with van der Waals surface area (Å²) < 4.78 is 85.9. The number of anilines is 1. The van der Waals surface area contributed by atoms with Gasteiger partial charge in [0.2, 0.25) is 0 Å². The first-order valence-corrected chi connectivity index (χ1v) is 6.28. The van der Waals surface area contributed by atoms with E-state index in [-0.39, 0.29) is 16.7 Å². The summed E-state index contributed by atoms with van der Waals surface area (Å²) in [5.41, 5.74) is -0.392. The number of halogens is 7. The number of benzene rings is 1. The van der Waals surface area contributed by atoms with E-state index < -0.39 is 35.9 Å². The molecule has 0 atom stereocenters. The van der Waals surface area contributed by atoms with E-state index in [0.29, 0.717) is 0 Å². The number of carbonyl (C=O) groups is 1. The van der Waals surface area contributed by atoms with Gasteiger partial charge in [0.1, 0.15) is 0 Å². The van der Waals surface area contributed by atoms with Gasteiger partial charge in [0.25, 0.3) is 0 Å². The SMILES string of the molecule is O=C(Nc1ccccc1SCC(F)(F)F)C(F)(F)C(F)F. The molecule has 1 aromatic carbocycles. The Morgan fingerprint density at radius 2 is 1.71 bits per heavy atom. The van der Waals surface area contributed by atoms with Crippen LogP contribution in [0.3, 0.4) is 0 Å². The normalized spacial score (nSPS) is 12.6. The Hall–Kier alpha value is -1.45. The third kappa shape index (κ3) is 5.10. The van der Waals surface area contributed by atoms with Crippen molar-refractivity contribution in [1.82, 2.24) is 0 Å². The molecule has 21 heavy (non-hydrogen) atoms. The van der Waals surface area contributed by atoms with Gasteiger partial charge in [-0.3, -0.25) is 4.79 Å². The minimum Gasteiger partial charge on any atom is -0.320 e. The van der Waals surface area contributed by atoms with Crippen LogP contribution in [0.15, 0.2) is 29.2 Å². The molecule has 0 spiro atoms. The van der Waals surface area contributed by atoms with Crippen molar-refractivity contribution in [2.75, 3.05) is 11.1 Å². The van der Waals surface area contributed by atoms with Gasteiger partial charge in [-0.2, -0.15) is 22.0 Å². The second-order valence-corrected chi connectivity index (χ2v) is 4.79. The molecule has 0 aliphatic rings. The lowest BCUT2D eigenvalue weighted by molar-refractivity contribution is -0.163. The molecule has 0 heterocycles. The molecule has 0 saturated carbocycles. The predicted molar refractivity (Wildman–Crippen MR) is 62.8 cm³/mol. The highest BCUT2D eigenvalue weighted by molar-refractivity contribution is 7.99. The third-order valence-electron chi connectivity index (χ3n) is 2.10. The molecule has 118 valence electrons. The fourth-order valence-corrected chi connectivity index (χ4v) is 1.93. The number of hydrogen-bond donors (Lipinski definition) is 1. The first-order chi connectivity index (χ1) is 9.54. The van der Waals surface area contributed by atoms with Gasteiger partial charge >= 0.3 is 24.4 Å². The summed E-state index contributed by atoms with van der Waals surface area (Å²) in [4.78, 5) is 10.9. The molecular weight excluding hydrogens is 327 g/mol. The van der Waals surface area contributed by atoms with Crippen molar-refractivity contribution in [3.63, 3.8) is 0 Å². The van der Waals surface area contributed by atoms with Crippen molar-refractivity contribution in [1.29, 1.82) is 0 Å². The van der Waals surface area contributed by atoms with Gasteiger partial charge in [-0.05, 0) is 12.1 Å². The summed E-state index contributed by atoms with van der Waals surface area (Å²) in [5, 5.41) is 1.51. The number of amides is 1. The number of carbonyl (C=O) groups excluding carboxylic acids is 1. The van der Waals surface area contributed by atoms with Crippen LogP contribution in [-0.4, -0.2) is 30.2 Å². The molecule has 1 aromatic rings. The highest BCUT2D eigenvalue weighted by Gasteiger charge is 2.49. The molecule has 2 nitrogen and oxygen atoms in total. The zero-order valence-electron chi connectivity index (χ0n) is 10.1. The van der Waals surface area contributed by atoms with E-state index in [9.17, 15) is 35.5 Å². The molecule has 1 amide bonds. The first-order valence-electron chi connectivity index (χ1n) is 5.30. The molecule has 0 bridgehead atoms. The van der Waals surface area contributed by atoms with Gasteiger partial charge in [0, 0.05) is 4.90 Å². The smallest absolute Gasteiger partial charge is 0.320 e. The van der Waals surface area contributed by atoms with E-state index in [2.05, 4.69) is 0 Å². The molecule has 0 unspecified atom stereocenters. The van der Waals surface area contributed by atoms with E-state index in [0.717, 1.165) is 12.1 Å². The van der Waals surface area contributed by atoms with Gasteiger partial charge < -0.3 is 5.32 Å². The summed E-state index contributed by atoms with van der Waals surface area (Å²) in [6.45, 7) is 0. The van der Waals surface area contributed by atoms with Crippen molar-refractivity contribution in [2.45, 2.75) is 23.4 Å². The number of rotatable bonds is 5. The number of thioether (sulfide) groups is 1. The van der Waals surface area contributed by atoms with Crippen LogP contribution in [0, 0.1) is 0 Å². The summed E-state index contributed by atoms with van der Waals surface area (Å²) >= 11 is 0.243. The maximum Gasteiger partial charge on any atom is 0.398 e. The zero-order chi connectivity index (χ0) is 16.3. The molecule has 0 aliphatic heterocycles. The molecule has 1 rings (SSSR count). The predicted octanol–water partition coefficient (Wildman–Crippen LogP) is 4.18. The second kappa shape index (κ2) is 6.54. The lowest BCUT2D eigenvalue weighted by atomic mass is 10.2. The van der Waals surface area contributed by atoms with Gasteiger partial charge in [0.15, 0.2) is 0 Å². The Kier molecular flexibility index (Phi) is 5.48. The minimum atomic E-state index is -4.93. The highest BCUT2D eigenvalue weighted by Crippen LogP contribution is 2.33. The Balaban J connectivity index is 2.87. The summed E-state index contributed by atoms with van der Waals surface area (Å²) in [7, 11) is 0. The molecule has 0 saturated heterocycles. The Labute approximate surface area is 118 Å². The molecule has 0 aliphatic carbocycles. The van der Waals surface area contributed by atoms with Crippen molar-refractivity contribution in [3.05, 3.63) is 24.3 Å². The highest BCUT2D eigenvalue weighted by atomic mass is 32.2. The van der Waals surface area contributed by atoms with Crippen molar-refractivity contribution in [3.8, 4) is 0 Å². The lowest BCUT2D eigenvalue weighted by Gasteiger charge is -2.16. The fourth-order valence-electron chi connectivity index (χ4n) is 1.16. The van der Waals surface area contributed by atoms with Gasteiger partial charge in [0.05, 0.1) is 11.4 Å². The monoisotopic (exact) mass is 335 g/mol. The van der Waals surface area contributed by atoms with E-state index >= 15 is 0 Å². The van der Waals surface area contributed by atoms with Crippen molar-refractivity contribution >= 4 is 23.4 Å². The largest absolute Gasteiger partial charge is 0.398 e. The quantitative estimate of drug-likeness (QED) is 0.646. The van der Waals surface area contributed by atoms with E-state index in [1.54, 1.807) is 0 Å². The summed E-state index contributed by atoms with van der Waals surface area (Å²) in [6.07, 6.45) is -8.72. The summed E-state index contributed by atoms with van der Waals surface area (Å²) in [5.74, 6) is -8.52. The maximum atomic E-state index is 12.8. The molecule has 1 N–H and O–H groups in total. The molecule has 10 heteroatoms. The van der Waals surface area contributed by atoms with Crippen molar-refractivity contribution in [2.24, 2.45) is 0 Å². The van der Waals surface area contributed by atoms with Crippen LogP contribution in [0.1, 0.15) is 0 Å². The van der Waals surface area contributed by atoms with E-state index in [1.807, 2.05) is 0 Å². The van der Waals surface area contributed by atoms with Crippen LogP contribution in [-0.2, 0) is 4.79 Å². The topological polar surface area (TPSA) is 29.1 Å². The average molecular weight is 335 g/mol. The third-order valence-corrected chi connectivity index (χ3v) is 3.24. The van der Waals surface area contributed by atoms with E-state index in [4.69, 9.17) is 0 Å². The van der Waals surface area contributed by atoms with Crippen LogP contribution in [0.2, 0.25) is 0 Å². The van der Waals surface area contributed by atoms with Crippen LogP contribution in [0.5, 0.6) is 0 Å². The number of alkyl halides is 7. The number of nitrogens with one attached hydrogen (secondary N) is 1. The maximum absolute atomic E-state index is 12.8. The molecule has 0 radical (unpaired) electrons. The molecule has 0 aromatic heterocycles. The standard InChI is InChI=1S/C11H8F7NOS/c12-8(13)11(17,18)9(20)19-6-3-1-2-4-7(6)21-5-10(14,15)16/h1-4,8H,5H2,(H,19,20). The Bertz CT molecular complexity index is 504. The van der Waals surface area contributed by atoms with Crippen LogP contribution in [0.25, 0.3) is 0 Å². The number of para-hydroxylation sites is 1. The van der Waals surface area contributed by atoms with Crippen LogP contribution < -0.4 is 5.32 Å².